The van der Waals surface area contributed by atoms with Gasteiger partial charge in [-0.25, -0.2) is 4.79 Å². The molecule has 0 bridgehead atoms. The highest BCUT2D eigenvalue weighted by atomic mass is 19.4. The van der Waals surface area contributed by atoms with Gasteiger partial charge in [0.25, 0.3) is 0 Å². The Balaban J connectivity index is 4.40. The van der Waals surface area contributed by atoms with Crippen molar-refractivity contribution in [2.75, 3.05) is 13.2 Å². The van der Waals surface area contributed by atoms with E-state index in [1.807, 2.05) is 0 Å². The second kappa shape index (κ2) is 6.44. The summed E-state index contributed by atoms with van der Waals surface area (Å²) < 4.78 is 40.0. The van der Waals surface area contributed by atoms with Gasteiger partial charge in [-0.2, -0.15) is 23.4 Å². The minimum absolute atomic E-state index is 0.164. The molecule has 0 spiro atoms. The van der Waals surface area contributed by atoms with Gasteiger partial charge in [0.2, 0.25) is 0 Å². The van der Waals surface area contributed by atoms with E-state index in [0.29, 0.717) is 0 Å². The van der Waals surface area contributed by atoms with E-state index in [2.05, 4.69) is 15.0 Å². The van der Waals surface area contributed by atoms with Gasteiger partial charge in [0.05, 0.1) is 6.61 Å². The number of azo groups is 1. The van der Waals surface area contributed by atoms with Crippen LogP contribution in [-0.2, 0) is 9.53 Å². The molecule has 94 valence electrons. The topological polar surface area (TPSA) is 51.0 Å². The van der Waals surface area contributed by atoms with E-state index < -0.39 is 24.7 Å². The Hall–Kier alpha value is -1.14. The van der Waals surface area contributed by atoms with E-state index in [9.17, 15) is 18.0 Å². The lowest BCUT2D eigenvalue weighted by Gasteiger charge is -2.13. The van der Waals surface area contributed by atoms with Gasteiger partial charge in [0, 0.05) is 0 Å². The number of ether oxygens (including phenoxy) is 1. The summed E-state index contributed by atoms with van der Waals surface area (Å²) in [7, 11) is 0. The smallest absolute Gasteiger partial charge is 0.409 e. The van der Waals surface area contributed by atoms with Crippen molar-refractivity contribution >= 4 is 5.97 Å². The third-order valence-electron chi connectivity index (χ3n) is 1.62. The quantitative estimate of drug-likeness (QED) is 0.547. The van der Waals surface area contributed by atoms with Crippen LogP contribution in [0.2, 0.25) is 0 Å². The third kappa shape index (κ3) is 6.36. The molecule has 0 aromatic carbocycles. The van der Waals surface area contributed by atoms with Gasteiger partial charge >= 0.3 is 12.1 Å². The standard InChI is InChI=1S/C9H15F3N2O2/c1-4-16-8(15)7(6(2)3)14-13-5-9(10,11)12/h6-7H,4-5H2,1-3H3. The molecule has 0 aliphatic rings. The van der Waals surface area contributed by atoms with Crippen molar-refractivity contribution in [2.24, 2.45) is 16.1 Å². The molecule has 0 amide bonds. The molecule has 0 rings (SSSR count). The number of halogens is 3. The number of nitrogens with zero attached hydrogens (tertiary/aromatic N) is 2. The molecule has 0 fully saturated rings. The third-order valence-corrected chi connectivity index (χ3v) is 1.62. The molecule has 16 heavy (non-hydrogen) atoms. The molecule has 0 radical (unpaired) electrons. The normalized spacial score (nSPS) is 14.4. The van der Waals surface area contributed by atoms with Crippen LogP contribution in [0.15, 0.2) is 10.2 Å². The van der Waals surface area contributed by atoms with E-state index in [1.54, 1.807) is 20.8 Å². The van der Waals surface area contributed by atoms with Crippen LogP contribution < -0.4 is 0 Å². The van der Waals surface area contributed by atoms with Crippen LogP contribution in [0.1, 0.15) is 20.8 Å². The van der Waals surface area contributed by atoms with Crippen LogP contribution in [0.5, 0.6) is 0 Å². The van der Waals surface area contributed by atoms with Crippen molar-refractivity contribution in [1.29, 1.82) is 0 Å². The van der Waals surface area contributed by atoms with Crippen molar-refractivity contribution in [2.45, 2.75) is 33.0 Å². The molecule has 7 heteroatoms. The Kier molecular flexibility index (Phi) is 5.98. The number of hydrogen-bond donors (Lipinski definition) is 0. The van der Waals surface area contributed by atoms with Crippen molar-refractivity contribution in [3.05, 3.63) is 0 Å². The molecule has 0 aromatic heterocycles. The summed E-state index contributed by atoms with van der Waals surface area (Å²) in [6.07, 6.45) is -4.40. The van der Waals surface area contributed by atoms with E-state index >= 15 is 0 Å². The number of alkyl halides is 3. The number of carbonyl (C=O) groups excluding carboxylic acids is 1. The predicted molar refractivity (Wildman–Crippen MR) is 51.0 cm³/mol. The Bertz CT molecular complexity index is 252. The van der Waals surface area contributed by atoms with Crippen LogP contribution >= 0.6 is 0 Å². The van der Waals surface area contributed by atoms with Gasteiger partial charge in [-0.3, -0.25) is 0 Å². The fraction of sp³-hybridized carbons (Fsp3) is 0.889. The first-order valence-corrected chi connectivity index (χ1v) is 4.88. The number of hydrogen-bond acceptors (Lipinski definition) is 4. The second-order valence-corrected chi connectivity index (χ2v) is 3.47. The Morgan fingerprint density at radius 3 is 2.31 bits per heavy atom. The number of esters is 1. The number of rotatable bonds is 5. The fourth-order valence-corrected chi connectivity index (χ4v) is 0.889. The minimum Gasteiger partial charge on any atom is -0.464 e. The molecule has 0 aliphatic heterocycles. The van der Waals surface area contributed by atoms with Crippen molar-refractivity contribution < 1.29 is 22.7 Å². The number of carbonyl (C=O) groups is 1. The van der Waals surface area contributed by atoms with Crippen LogP contribution in [0.25, 0.3) is 0 Å². The summed E-state index contributed by atoms with van der Waals surface area (Å²) in [6, 6.07) is -0.970. The van der Waals surface area contributed by atoms with Gasteiger partial charge in [-0.1, -0.05) is 13.8 Å². The maximum absolute atomic E-state index is 11.8. The first-order valence-electron chi connectivity index (χ1n) is 4.88. The maximum atomic E-state index is 11.8. The van der Waals surface area contributed by atoms with E-state index in [0.717, 1.165) is 0 Å². The van der Waals surface area contributed by atoms with Crippen LogP contribution in [0.3, 0.4) is 0 Å². The zero-order chi connectivity index (χ0) is 12.8. The molecule has 0 saturated carbocycles. The Labute approximate surface area is 91.9 Å². The lowest BCUT2D eigenvalue weighted by Crippen LogP contribution is -2.27. The summed E-state index contributed by atoms with van der Waals surface area (Å²) in [6.45, 7) is 3.72. The molecule has 0 aromatic rings. The highest BCUT2D eigenvalue weighted by Gasteiger charge is 2.28. The molecular formula is C9H15F3N2O2. The monoisotopic (exact) mass is 240 g/mol. The summed E-state index contributed by atoms with van der Waals surface area (Å²) in [5.41, 5.74) is 0. The predicted octanol–water partition coefficient (Wildman–Crippen LogP) is 2.59. The average Bonchev–Trinajstić information content (AvgIpc) is 2.10. The van der Waals surface area contributed by atoms with Crippen LogP contribution in [0, 0.1) is 5.92 Å². The van der Waals surface area contributed by atoms with Crippen molar-refractivity contribution in [3.8, 4) is 0 Å². The summed E-state index contributed by atoms with van der Waals surface area (Å²) >= 11 is 0. The summed E-state index contributed by atoms with van der Waals surface area (Å²) in [5.74, 6) is -0.903. The van der Waals surface area contributed by atoms with E-state index in [4.69, 9.17) is 0 Å². The summed E-state index contributed by atoms with van der Waals surface area (Å²) in [5, 5.41) is 6.32. The second-order valence-electron chi connectivity index (χ2n) is 3.47. The van der Waals surface area contributed by atoms with Gasteiger partial charge in [0.15, 0.2) is 12.6 Å². The van der Waals surface area contributed by atoms with E-state index in [1.165, 1.54) is 0 Å². The molecule has 0 N–H and O–H groups in total. The van der Waals surface area contributed by atoms with Gasteiger partial charge in [-0.15, -0.1) is 0 Å². The zero-order valence-electron chi connectivity index (χ0n) is 9.41. The lowest BCUT2D eigenvalue weighted by atomic mass is 10.1. The summed E-state index contributed by atoms with van der Waals surface area (Å²) in [4.78, 5) is 11.3. The molecule has 1 unspecified atom stereocenters. The van der Waals surface area contributed by atoms with Crippen molar-refractivity contribution in [3.63, 3.8) is 0 Å². The fourth-order valence-electron chi connectivity index (χ4n) is 0.889. The first kappa shape index (κ1) is 14.9. The molecular weight excluding hydrogens is 225 g/mol. The van der Waals surface area contributed by atoms with Gasteiger partial charge < -0.3 is 4.74 Å². The highest BCUT2D eigenvalue weighted by Crippen LogP contribution is 2.16. The Morgan fingerprint density at radius 1 is 1.38 bits per heavy atom. The van der Waals surface area contributed by atoms with Gasteiger partial charge in [0.1, 0.15) is 0 Å². The SMILES string of the molecule is CCOC(=O)C(N=NCC(F)(F)F)C(C)C. The van der Waals surface area contributed by atoms with Crippen LogP contribution in [0.4, 0.5) is 13.2 Å². The zero-order valence-corrected chi connectivity index (χ0v) is 9.41. The molecule has 4 nitrogen and oxygen atoms in total. The Morgan fingerprint density at radius 2 is 1.94 bits per heavy atom. The lowest BCUT2D eigenvalue weighted by molar-refractivity contribution is -0.146. The largest absolute Gasteiger partial charge is 0.464 e. The molecule has 0 aliphatic carbocycles. The highest BCUT2D eigenvalue weighted by molar-refractivity contribution is 5.76. The van der Waals surface area contributed by atoms with Gasteiger partial charge in [-0.05, 0) is 12.8 Å². The van der Waals surface area contributed by atoms with Crippen molar-refractivity contribution in [1.82, 2.24) is 0 Å². The average molecular weight is 240 g/mol. The van der Waals surface area contributed by atoms with E-state index in [-0.39, 0.29) is 12.5 Å². The molecule has 1 atom stereocenters. The maximum Gasteiger partial charge on any atom is 0.409 e. The molecule has 0 saturated heterocycles. The van der Waals surface area contributed by atoms with Crippen LogP contribution in [-0.4, -0.2) is 31.3 Å². The minimum atomic E-state index is -4.40. The molecule has 0 heterocycles. The first-order chi connectivity index (χ1) is 7.28.